The number of nitrogens with zero attached hydrogens (tertiary/aromatic N) is 3. The molecule has 1 aromatic carbocycles. The van der Waals surface area contributed by atoms with E-state index in [0.717, 1.165) is 10.9 Å². The van der Waals surface area contributed by atoms with Crippen LogP contribution in [0.3, 0.4) is 0 Å². The molecule has 23 heavy (non-hydrogen) atoms. The van der Waals surface area contributed by atoms with Gasteiger partial charge in [0.1, 0.15) is 5.58 Å². The number of halogens is 1. The van der Waals surface area contributed by atoms with Gasteiger partial charge in [-0.1, -0.05) is 18.2 Å². The van der Waals surface area contributed by atoms with Crippen molar-refractivity contribution in [3.63, 3.8) is 0 Å². The van der Waals surface area contributed by atoms with E-state index in [1.165, 1.54) is 0 Å². The zero-order valence-electron chi connectivity index (χ0n) is 12.5. The van der Waals surface area contributed by atoms with Crippen molar-refractivity contribution in [2.24, 2.45) is 5.92 Å². The number of benzene rings is 1. The van der Waals surface area contributed by atoms with E-state index in [9.17, 15) is 9.18 Å². The van der Waals surface area contributed by atoms with Gasteiger partial charge in [-0.05, 0) is 12.1 Å². The maximum Gasteiger partial charge on any atom is 0.289 e. The number of rotatable bonds is 4. The number of aromatic nitrogens is 2. The quantitative estimate of drug-likeness (QED) is 0.744. The summed E-state index contributed by atoms with van der Waals surface area (Å²) in [5.74, 6) is 0.116. The Morgan fingerprint density at radius 1 is 1.30 bits per heavy atom. The Labute approximate surface area is 132 Å². The first kappa shape index (κ1) is 14.0. The number of alkyl halides is 1. The van der Waals surface area contributed by atoms with Gasteiger partial charge < -0.3 is 9.32 Å². The Hall–Kier alpha value is -2.63. The first-order valence-electron chi connectivity index (χ1n) is 7.59. The van der Waals surface area contributed by atoms with E-state index in [0.29, 0.717) is 31.0 Å². The van der Waals surface area contributed by atoms with Gasteiger partial charge in [-0.2, -0.15) is 5.10 Å². The Kier molecular flexibility index (Phi) is 3.37. The lowest BCUT2D eigenvalue weighted by atomic mass is 10.0. The Bertz CT molecular complexity index is 835. The monoisotopic (exact) mass is 313 g/mol. The lowest BCUT2D eigenvalue weighted by molar-refractivity contribution is 0.0422. The number of para-hydroxylation sites is 1. The van der Waals surface area contributed by atoms with Crippen LogP contribution in [-0.4, -0.2) is 40.4 Å². The molecule has 4 rings (SSSR count). The maximum absolute atomic E-state index is 12.7. The SMILES string of the molecule is O=C(c1oc2ccccc2c1Cn1cccn1)N1CC(CF)C1. The molecule has 0 spiro atoms. The van der Waals surface area contributed by atoms with E-state index in [1.807, 2.05) is 36.5 Å². The van der Waals surface area contributed by atoms with Gasteiger partial charge >= 0.3 is 0 Å². The molecule has 1 amide bonds. The number of likely N-dealkylation sites (tertiary alicyclic amines) is 1. The molecule has 1 aliphatic rings. The van der Waals surface area contributed by atoms with Crippen molar-refractivity contribution in [1.82, 2.24) is 14.7 Å². The Morgan fingerprint density at radius 3 is 2.87 bits per heavy atom. The van der Waals surface area contributed by atoms with Crippen molar-refractivity contribution < 1.29 is 13.6 Å². The molecule has 1 saturated heterocycles. The van der Waals surface area contributed by atoms with Gasteiger partial charge in [0.05, 0.1) is 13.2 Å². The van der Waals surface area contributed by atoms with Crippen LogP contribution in [0.25, 0.3) is 11.0 Å². The van der Waals surface area contributed by atoms with Crippen LogP contribution in [0.15, 0.2) is 47.1 Å². The summed E-state index contributed by atoms with van der Waals surface area (Å²) in [6.45, 7) is 0.983. The Morgan fingerprint density at radius 2 is 2.13 bits per heavy atom. The fourth-order valence-electron chi connectivity index (χ4n) is 2.96. The third-order valence-electron chi connectivity index (χ3n) is 4.23. The minimum absolute atomic E-state index is 0.0436. The molecule has 0 saturated carbocycles. The summed E-state index contributed by atoms with van der Waals surface area (Å²) in [5, 5.41) is 5.11. The smallest absolute Gasteiger partial charge is 0.289 e. The molecule has 0 bridgehead atoms. The second kappa shape index (κ2) is 5.53. The topological polar surface area (TPSA) is 51.3 Å². The number of fused-ring (bicyclic) bond motifs is 1. The molecule has 6 heteroatoms. The van der Waals surface area contributed by atoms with Crippen molar-refractivity contribution in [2.75, 3.05) is 19.8 Å². The number of carbonyl (C=O) groups is 1. The van der Waals surface area contributed by atoms with Gasteiger partial charge in [-0.3, -0.25) is 13.9 Å². The summed E-state index contributed by atoms with van der Waals surface area (Å²) in [5.41, 5.74) is 1.50. The highest BCUT2D eigenvalue weighted by atomic mass is 19.1. The third kappa shape index (κ3) is 2.40. The van der Waals surface area contributed by atoms with Crippen LogP contribution in [0.1, 0.15) is 16.1 Å². The molecule has 3 heterocycles. The van der Waals surface area contributed by atoms with E-state index in [4.69, 9.17) is 4.42 Å². The minimum Gasteiger partial charge on any atom is -0.451 e. The van der Waals surface area contributed by atoms with Crippen LogP contribution in [0.2, 0.25) is 0 Å². The summed E-state index contributed by atoms with van der Waals surface area (Å²) in [4.78, 5) is 14.3. The number of hydrogen-bond donors (Lipinski definition) is 0. The van der Waals surface area contributed by atoms with Crippen LogP contribution in [0.5, 0.6) is 0 Å². The highest BCUT2D eigenvalue weighted by molar-refractivity contribution is 5.99. The molecule has 0 radical (unpaired) electrons. The average Bonchev–Trinajstić information content (AvgIpc) is 3.15. The van der Waals surface area contributed by atoms with E-state index >= 15 is 0 Å². The standard InChI is InChI=1S/C17H16FN3O2/c18-8-12-9-20(10-12)17(22)16-14(11-21-7-3-6-19-21)13-4-1-2-5-15(13)23-16/h1-7,12H,8-11H2. The summed E-state index contributed by atoms with van der Waals surface area (Å²) in [6, 6.07) is 9.42. The molecular weight excluding hydrogens is 297 g/mol. The second-order valence-corrected chi connectivity index (χ2v) is 5.84. The number of furan rings is 1. The highest BCUT2D eigenvalue weighted by Crippen LogP contribution is 2.29. The van der Waals surface area contributed by atoms with Crippen LogP contribution in [0.4, 0.5) is 4.39 Å². The molecule has 0 aliphatic carbocycles. The fraction of sp³-hybridized carbons (Fsp3) is 0.294. The van der Waals surface area contributed by atoms with Crippen molar-refractivity contribution in [2.45, 2.75) is 6.54 Å². The van der Waals surface area contributed by atoms with E-state index < -0.39 is 0 Å². The molecule has 0 unspecified atom stereocenters. The van der Waals surface area contributed by atoms with Crippen molar-refractivity contribution in [3.8, 4) is 0 Å². The van der Waals surface area contributed by atoms with Crippen LogP contribution < -0.4 is 0 Å². The summed E-state index contributed by atoms with van der Waals surface area (Å²) in [7, 11) is 0. The molecule has 0 atom stereocenters. The number of hydrogen-bond acceptors (Lipinski definition) is 3. The highest BCUT2D eigenvalue weighted by Gasteiger charge is 2.34. The normalized spacial score (nSPS) is 15.1. The molecular formula is C17H16FN3O2. The molecule has 3 aromatic rings. The molecule has 5 nitrogen and oxygen atoms in total. The zero-order valence-corrected chi connectivity index (χ0v) is 12.5. The molecule has 1 aliphatic heterocycles. The van der Waals surface area contributed by atoms with Crippen molar-refractivity contribution in [3.05, 3.63) is 54.0 Å². The largest absolute Gasteiger partial charge is 0.451 e. The minimum atomic E-state index is -0.385. The van der Waals surface area contributed by atoms with Crippen LogP contribution in [-0.2, 0) is 6.54 Å². The molecule has 1 fully saturated rings. The van der Waals surface area contributed by atoms with Gasteiger partial charge in [0.25, 0.3) is 5.91 Å². The van der Waals surface area contributed by atoms with Crippen LogP contribution >= 0.6 is 0 Å². The average molecular weight is 313 g/mol. The lowest BCUT2D eigenvalue weighted by Crippen LogP contribution is -2.50. The van der Waals surface area contributed by atoms with Gasteiger partial charge in [-0.25, -0.2) is 0 Å². The van der Waals surface area contributed by atoms with Gasteiger partial charge in [0.2, 0.25) is 0 Å². The summed E-state index contributed by atoms with van der Waals surface area (Å²) < 4.78 is 20.2. The van der Waals surface area contributed by atoms with Crippen molar-refractivity contribution in [1.29, 1.82) is 0 Å². The fourth-order valence-corrected chi connectivity index (χ4v) is 2.96. The van der Waals surface area contributed by atoms with Crippen LogP contribution in [0, 0.1) is 5.92 Å². The van der Waals surface area contributed by atoms with E-state index in [1.54, 1.807) is 15.8 Å². The molecule has 118 valence electrons. The van der Waals surface area contributed by atoms with Gasteiger partial charge in [-0.15, -0.1) is 0 Å². The van der Waals surface area contributed by atoms with Gasteiger partial charge in [0.15, 0.2) is 5.76 Å². The maximum atomic E-state index is 12.7. The zero-order chi connectivity index (χ0) is 15.8. The summed E-state index contributed by atoms with van der Waals surface area (Å²) >= 11 is 0. The molecule has 0 N–H and O–H groups in total. The third-order valence-corrected chi connectivity index (χ3v) is 4.23. The Balaban J connectivity index is 1.72. The second-order valence-electron chi connectivity index (χ2n) is 5.84. The van der Waals surface area contributed by atoms with E-state index in [-0.39, 0.29) is 18.5 Å². The predicted molar refractivity (Wildman–Crippen MR) is 82.9 cm³/mol. The molecule has 2 aromatic heterocycles. The van der Waals surface area contributed by atoms with Crippen molar-refractivity contribution >= 4 is 16.9 Å². The van der Waals surface area contributed by atoms with E-state index in [2.05, 4.69) is 5.10 Å². The van der Waals surface area contributed by atoms with Gasteiger partial charge in [0, 0.05) is 42.4 Å². The summed E-state index contributed by atoms with van der Waals surface area (Å²) in [6.07, 6.45) is 3.55. The first-order valence-corrected chi connectivity index (χ1v) is 7.59. The predicted octanol–water partition coefficient (Wildman–Crippen LogP) is 2.72. The first-order chi connectivity index (χ1) is 11.3. The number of carbonyl (C=O) groups excluding carboxylic acids is 1. The lowest BCUT2D eigenvalue weighted by Gasteiger charge is -2.37. The number of amides is 1.